The number of hydrogen-bond donors (Lipinski definition) is 0. The number of para-hydroxylation sites is 1. The first-order valence-corrected chi connectivity index (χ1v) is 10.0. The first-order valence-electron chi connectivity index (χ1n) is 10.0. The standard InChI is InChI=1S/C22H19F3N4O4/c1-32-11-5-10-28-20(30)16-8-2-3-9-17(16)29(21(28)31)13-18-26-19(27-33-18)14-6-4-7-15(12-14)22(23,24)25/h2-4,6-9,12H,5,10-11,13H2,1H3. The maximum atomic E-state index is 13.1. The van der Waals surface area contributed by atoms with Crippen LogP contribution in [0.15, 0.2) is 62.6 Å². The summed E-state index contributed by atoms with van der Waals surface area (Å²) >= 11 is 0. The van der Waals surface area contributed by atoms with Crippen LogP contribution in [0, 0.1) is 0 Å². The van der Waals surface area contributed by atoms with Gasteiger partial charge in [-0.15, -0.1) is 0 Å². The van der Waals surface area contributed by atoms with Crippen LogP contribution in [0.4, 0.5) is 13.2 Å². The van der Waals surface area contributed by atoms with Gasteiger partial charge in [0.1, 0.15) is 6.54 Å². The van der Waals surface area contributed by atoms with Gasteiger partial charge in [0, 0.05) is 25.8 Å². The Balaban J connectivity index is 1.73. The summed E-state index contributed by atoms with van der Waals surface area (Å²) in [6, 6.07) is 11.2. The molecule has 0 atom stereocenters. The first-order chi connectivity index (χ1) is 15.8. The molecule has 2 aromatic heterocycles. The van der Waals surface area contributed by atoms with Gasteiger partial charge in [0.25, 0.3) is 5.56 Å². The molecule has 4 rings (SSSR count). The maximum absolute atomic E-state index is 13.1. The molecular weight excluding hydrogens is 441 g/mol. The highest BCUT2D eigenvalue weighted by Crippen LogP contribution is 2.31. The van der Waals surface area contributed by atoms with Crippen molar-refractivity contribution in [3.05, 3.63) is 80.8 Å². The Kier molecular flexibility index (Phi) is 6.14. The Morgan fingerprint density at radius 1 is 1.06 bits per heavy atom. The predicted molar refractivity (Wildman–Crippen MR) is 113 cm³/mol. The molecule has 2 aromatic carbocycles. The Morgan fingerprint density at radius 3 is 2.61 bits per heavy atom. The Hall–Kier alpha value is -3.73. The average molecular weight is 460 g/mol. The summed E-state index contributed by atoms with van der Waals surface area (Å²) < 4.78 is 51.7. The zero-order valence-electron chi connectivity index (χ0n) is 17.5. The third-order valence-electron chi connectivity index (χ3n) is 5.07. The van der Waals surface area contributed by atoms with Crippen LogP contribution in [0.1, 0.15) is 17.9 Å². The minimum Gasteiger partial charge on any atom is -0.385 e. The largest absolute Gasteiger partial charge is 0.416 e. The summed E-state index contributed by atoms with van der Waals surface area (Å²) in [7, 11) is 1.53. The van der Waals surface area contributed by atoms with Crippen LogP contribution in [0.3, 0.4) is 0 Å². The molecule has 0 aliphatic heterocycles. The van der Waals surface area contributed by atoms with Crippen molar-refractivity contribution in [1.82, 2.24) is 19.3 Å². The monoisotopic (exact) mass is 460 g/mol. The van der Waals surface area contributed by atoms with E-state index >= 15 is 0 Å². The molecule has 4 aromatic rings. The van der Waals surface area contributed by atoms with E-state index in [-0.39, 0.29) is 30.4 Å². The van der Waals surface area contributed by atoms with Gasteiger partial charge >= 0.3 is 11.9 Å². The molecule has 0 spiro atoms. The van der Waals surface area contributed by atoms with Crippen LogP contribution in [-0.4, -0.2) is 33.0 Å². The lowest BCUT2D eigenvalue weighted by Gasteiger charge is -2.12. The Labute approximate surface area is 184 Å². The summed E-state index contributed by atoms with van der Waals surface area (Å²) in [5, 5.41) is 4.10. The lowest BCUT2D eigenvalue weighted by atomic mass is 10.1. The average Bonchev–Trinajstić information content (AvgIpc) is 3.27. The van der Waals surface area contributed by atoms with Crippen molar-refractivity contribution in [2.45, 2.75) is 25.7 Å². The second-order valence-corrected chi connectivity index (χ2v) is 7.28. The fourth-order valence-corrected chi connectivity index (χ4v) is 3.49. The van der Waals surface area contributed by atoms with E-state index in [1.165, 1.54) is 23.8 Å². The van der Waals surface area contributed by atoms with Crippen molar-refractivity contribution in [2.24, 2.45) is 0 Å². The molecule has 0 saturated carbocycles. The lowest BCUT2D eigenvalue weighted by molar-refractivity contribution is -0.137. The van der Waals surface area contributed by atoms with Gasteiger partial charge in [-0.2, -0.15) is 18.2 Å². The Morgan fingerprint density at radius 2 is 1.85 bits per heavy atom. The van der Waals surface area contributed by atoms with Crippen LogP contribution < -0.4 is 11.2 Å². The van der Waals surface area contributed by atoms with Gasteiger partial charge in [0.15, 0.2) is 0 Å². The summed E-state index contributed by atoms with van der Waals surface area (Å²) in [4.78, 5) is 30.1. The highest BCUT2D eigenvalue weighted by molar-refractivity contribution is 5.77. The van der Waals surface area contributed by atoms with Crippen molar-refractivity contribution in [3.8, 4) is 11.4 Å². The molecule has 0 aliphatic rings. The number of halogens is 3. The summed E-state index contributed by atoms with van der Waals surface area (Å²) in [5.41, 5.74) is -1.31. The summed E-state index contributed by atoms with van der Waals surface area (Å²) in [6.45, 7) is 0.383. The zero-order chi connectivity index (χ0) is 23.6. The van der Waals surface area contributed by atoms with E-state index in [2.05, 4.69) is 10.1 Å². The lowest BCUT2D eigenvalue weighted by Crippen LogP contribution is -2.40. The van der Waals surface area contributed by atoms with E-state index in [1.54, 1.807) is 24.3 Å². The zero-order valence-corrected chi connectivity index (χ0v) is 17.5. The minimum absolute atomic E-state index is 0.0109. The molecule has 0 amide bonds. The number of methoxy groups -OCH3 is 1. The molecule has 8 nitrogen and oxygen atoms in total. The van der Waals surface area contributed by atoms with Gasteiger partial charge in [0.05, 0.1) is 16.5 Å². The smallest absolute Gasteiger partial charge is 0.385 e. The number of ether oxygens (including phenoxy) is 1. The molecule has 11 heteroatoms. The molecule has 0 radical (unpaired) electrons. The molecule has 0 bridgehead atoms. The van der Waals surface area contributed by atoms with Crippen LogP contribution >= 0.6 is 0 Å². The number of nitrogens with zero attached hydrogens (tertiary/aromatic N) is 4. The van der Waals surface area contributed by atoms with E-state index < -0.39 is 23.0 Å². The highest BCUT2D eigenvalue weighted by Gasteiger charge is 2.30. The maximum Gasteiger partial charge on any atom is 0.416 e. The normalized spacial score (nSPS) is 11.9. The van der Waals surface area contributed by atoms with Crippen molar-refractivity contribution in [1.29, 1.82) is 0 Å². The van der Waals surface area contributed by atoms with Crippen molar-refractivity contribution in [3.63, 3.8) is 0 Å². The summed E-state index contributed by atoms with van der Waals surface area (Å²) in [5.74, 6) is -0.0291. The molecule has 0 fully saturated rings. The first kappa shape index (κ1) is 22.5. The second kappa shape index (κ2) is 9.02. The number of fused-ring (bicyclic) bond motifs is 1. The van der Waals surface area contributed by atoms with Gasteiger partial charge < -0.3 is 9.26 Å². The molecule has 33 heavy (non-hydrogen) atoms. The predicted octanol–water partition coefficient (Wildman–Crippen LogP) is 3.32. The third kappa shape index (κ3) is 4.58. The number of rotatable bonds is 7. The topological polar surface area (TPSA) is 92.2 Å². The van der Waals surface area contributed by atoms with Crippen LogP contribution in [0.25, 0.3) is 22.3 Å². The van der Waals surface area contributed by atoms with Crippen molar-refractivity contribution in [2.75, 3.05) is 13.7 Å². The molecule has 0 aliphatic carbocycles. The van der Waals surface area contributed by atoms with Gasteiger partial charge in [0.2, 0.25) is 11.7 Å². The van der Waals surface area contributed by atoms with Gasteiger partial charge in [-0.25, -0.2) is 4.79 Å². The third-order valence-corrected chi connectivity index (χ3v) is 5.07. The fourth-order valence-electron chi connectivity index (χ4n) is 3.49. The minimum atomic E-state index is -4.51. The van der Waals surface area contributed by atoms with Crippen LogP contribution in [-0.2, 0) is 24.0 Å². The van der Waals surface area contributed by atoms with Gasteiger partial charge in [-0.05, 0) is 30.7 Å². The van der Waals surface area contributed by atoms with Crippen LogP contribution in [0.2, 0.25) is 0 Å². The molecular formula is C22H19F3N4O4. The molecule has 0 N–H and O–H groups in total. The highest BCUT2D eigenvalue weighted by atomic mass is 19.4. The second-order valence-electron chi connectivity index (χ2n) is 7.28. The van der Waals surface area contributed by atoms with Crippen molar-refractivity contribution < 1.29 is 22.4 Å². The number of alkyl halides is 3. The van der Waals surface area contributed by atoms with Crippen molar-refractivity contribution >= 4 is 10.9 Å². The molecule has 0 unspecified atom stereocenters. The van der Waals surface area contributed by atoms with E-state index in [0.717, 1.165) is 16.7 Å². The van der Waals surface area contributed by atoms with E-state index in [4.69, 9.17) is 9.26 Å². The van der Waals surface area contributed by atoms with E-state index in [1.807, 2.05) is 0 Å². The fraction of sp³-hybridized carbons (Fsp3) is 0.273. The number of aromatic nitrogens is 4. The summed E-state index contributed by atoms with van der Waals surface area (Å²) in [6.07, 6.45) is -4.05. The number of benzene rings is 2. The molecule has 2 heterocycles. The van der Waals surface area contributed by atoms with E-state index in [9.17, 15) is 22.8 Å². The number of hydrogen-bond acceptors (Lipinski definition) is 6. The van der Waals surface area contributed by atoms with Gasteiger partial charge in [-0.1, -0.05) is 29.4 Å². The molecule has 172 valence electrons. The SMILES string of the molecule is COCCCn1c(=O)c2ccccc2n(Cc2nc(-c3cccc(C(F)(F)F)c3)no2)c1=O. The molecule has 0 saturated heterocycles. The quantitative estimate of drug-likeness (QED) is 0.393. The van der Waals surface area contributed by atoms with E-state index in [0.29, 0.717) is 23.9 Å². The van der Waals surface area contributed by atoms with Crippen LogP contribution in [0.5, 0.6) is 0 Å². The Bertz CT molecular complexity index is 1410. The van der Waals surface area contributed by atoms with Gasteiger partial charge in [-0.3, -0.25) is 13.9 Å².